The lowest BCUT2D eigenvalue weighted by Gasteiger charge is -2.13. The molecule has 0 aromatic carbocycles. The smallest absolute Gasteiger partial charge is 0.267 e. The summed E-state index contributed by atoms with van der Waals surface area (Å²) in [6, 6.07) is 3.08. The maximum atomic E-state index is 11.5. The van der Waals surface area contributed by atoms with Crippen LogP contribution in [-0.2, 0) is 0 Å². The van der Waals surface area contributed by atoms with Gasteiger partial charge in [0.1, 0.15) is 11.3 Å². The Labute approximate surface area is 107 Å². The van der Waals surface area contributed by atoms with Crippen LogP contribution in [0, 0.1) is 11.8 Å². The normalized spacial score (nSPS) is 17.6. The summed E-state index contributed by atoms with van der Waals surface area (Å²) < 4.78 is 1.41. The van der Waals surface area contributed by atoms with Crippen molar-refractivity contribution in [3.63, 3.8) is 0 Å². The van der Waals surface area contributed by atoms with Crippen molar-refractivity contribution in [3.8, 4) is 11.8 Å². The summed E-state index contributed by atoms with van der Waals surface area (Å²) in [4.78, 5) is 11.5. The van der Waals surface area contributed by atoms with E-state index in [0.717, 1.165) is 25.7 Å². The Morgan fingerprint density at radius 1 is 1.39 bits per heavy atom. The molecule has 0 amide bonds. The van der Waals surface area contributed by atoms with Crippen LogP contribution in [0.25, 0.3) is 0 Å². The molecule has 4 heteroatoms. The highest BCUT2D eigenvalue weighted by atomic mass is 16.3. The molecule has 18 heavy (non-hydrogen) atoms. The molecule has 1 saturated carbocycles. The predicted molar refractivity (Wildman–Crippen MR) is 69.2 cm³/mol. The molecule has 0 bridgehead atoms. The van der Waals surface area contributed by atoms with Crippen LogP contribution < -0.4 is 5.56 Å². The highest BCUT2D eigenvalue weighted by Crippen LogP contribution is 2.28. The van der Waals surface area contributed by atoms with Gasteiger partial charge in [-0.2, -0.15) is 5.10 Å². The molecule has 0 atom stereocenters. The monoisotopic (exact) mass is 246 g/mol. The Hall–Kier alpha value is -1.60. The fourth-order valence-corrected chi connectivity index (χ4v) is 2.13. The summed E-state index contributed by atoms with van der Waals surface area (Å²) in [5, 5.41) is 14.3. The van der Waals surface area contributed by atoms with Gasteiger partial charge < -0.3 is 5.11 Å². The Morgan fingerprint density at radius 3 is 2.67 bits per heavy atom. The molecular formula is C14H18N2O2. The Balaban J connectivity index is 2.28. The van der Waals surface area contributed by atoms with E-state index < -0.39 is 5.60 Å². The first-order chi connectivity index (χ1) is 8.50. The number of rotatable bonds is 1. The van der Waals surface area contributed by atoms with Gasteiger partial charge in [0.25, 0.3) is 5.56 Å². The zero-order chi connectivity index (χ0) is 13.2. The first-order valence-electron chi connectivity index (χ1n) is 6.36. The molecule has 1 aliphatic carbocycles. The summed E-state index contributed by atoms with van der Waals surface area (Å²) in [6.45, 7) is 3.80. The Kier molecular flexibility index (Phi) is 3.53. The summed E-state index contributed by atoms with van der Waals surface area (Å²) in [5.74, 6) is 5.77. The van der Waals surface area contributed by atoms with Crippen molar-refractivity contribution in [2.45, 2.75) is 51.2 Å². The number of aromatic nitrogens is 2. The fourth-order valence-electron chi connectivity index (χ4n) is 2.13. The van der Waals surface area contributed by atoms with Crippen LogP contribution in [0.2, 0.25) is 0 Å². The number of nitrogens with zero attached hydrogens (tertiary/aromatic N) is 2. The second-order valence-electron chi connectivity index (χ2n) is 5.08. The maximum absolute atomic E-state index is 11.5. The minimum atomic E-state index is -0.861. The minimum absolute atomic E-state index is 0.00816. The third-order valence-electron chi connectivity index (χ3n) is 3.17. The van der Waals surface area contributed by atoms with E-state index in [0.29, 0.717) is 5.69 Å². The lowest BCUT2D eigenvalue weighted by Crippen LogP contribution is -2.24. The molecule has 1 aromatic rings. The molecule has 0 spiro atoms. The molecule has 0 saturated heterocycles. The summed E-state index contributed by atoms with van der Waals surface area (Å²) in [6.07, 6.45) is 3.49. The van der Waals surface area contributed by atoms with Gasteiger partial charge in [-0.25, -0.2) is 4.68 Å². The summed E-state index contributed by atoms with van der Waals surface area (Å²) >= 11 is 0. The van der Waals surface area contributed by atoms with Crippen molar-refractivity contribution in [1.29, 1.82) is 0 Å². The van der Waals surface area contributed by atoms with Crippen LogP contribution in [0.15, 0.2) is 16.9 Å². The van der Waals surface area contributed by atoms with Crippen molar-refractivity contribution < 1.29 is 5.11 Å². The molecular weight excluding hydrogens is 228 g/mol. The van der Waals surface area contributed by atoms with Crippen molar-refractivity contribution in [2.75, 3.05) is 0 Å². The van der Waals surface area contributed by atoms with Gasteiger partial charge in [0.2, 0.25) is 0 Å². The molecule has 1 heterocycles. The second kappa shape index (κ2) is 4.95. The van der Waals surface area contributed by atoms with E-state index in [1.165, 1.54) is 10.7 Å². The number of hydrogen-bond acceptors (Lipinski definition) is 3. The SMILES string of the molecule is CC(C)n1nc(C#CC2(O)CCCC2)ccc1=O. The van der Waals surface area contributed by atoms with Crippen molar-refractivity contribution in [3.05, 3.63) is 28.2 Å². The molecule has 1 aromatic heterocycles. The lowest BCUT2D eigenvalue weighted by molar-refractivity contribution is 0.110. The minimum Gasteiger partial charge on any atom is -0.378 e. The van der Waals surface area contributed by atoms with Crippen LogP contribution in [0.3, 0.4) is 0 Å². The van der Waals surface area contributed by atoms with Gasteiger partial charge >= 0.3 is 0 Å². The molecule has 0 unspecified atom stereocenters. The third kappa shape index (κ3) is 2.80. The Bertz CT molecular complexity index is 543. The molecule has 0 aliphatic heterocycles. The first kappa shape index (κ1) is 12.8. The molecule has 2 rings (SSSR count). The zero-order valence-electron chi connectivity index (χ0n) is 10.8. The standard InChI is InChI=1S/C14H18N2O2/c1-11(2)16-13(17)6-5-12(15-16)7-10-14(18)8-3-4-9-14/h5-6,11,18H,3-4,8-9H2,1-2H3. The van der Waals surface area contributed by atoms with E-state index in [1.54, 1.807) is 6.07 Å². The van der Waals surface area contributed by atoms with E-state index in [9.17, 15) is 9.90 Å². The zero-order valence-corrected chi connectivity index (χ0v) is 10.8. The van der Waals surface area contributed by atoms with Gasteiger partial charge in [-0.1, -0.05) is 5.92 Å². The Morgan fingerprint density at radius 2 is 2.06 bits per heavy atom. The summed E-state index contributed by atoms with van der Waals surface area (Å²) in [5.41, 5.74) is -0.459. The van der Waals surface area contributed by atoms with E-state index in [4.69, 9.17) is 0 Å². The van der Waals surface area contributed by atoms with E-state index >= 15 is 0 Å². The topological polar surface area (TPSA) is 55.1 Å². The van der Waals surface area contributed by atoms with Gasteiger partial charge in [-0.3, -0.25) is 4.79 Å². The second-order valence-corrected chi connectivity index (χ2v) is 5.08. The average molecular weight is 246 g/mol. The summed E-state index contributed by atoms with van der Waals surface area (Å²) in [7, 11) is 0. The molecule has 1 aliphatic rings. The van der Waals surface area contributed by atoms with Gasteiger partial charge in [-0.15, -0.1) is 0 Å². The molecule has 1 fully saturated rings. The van der Waals surface area contributed by atoms with E-state index in [-0.39, 0.29) is 11.6 Å². The fraction of sp³-hybridized carbons (Fsp3) is 0.571. The largest absolute Gasteiger partial charge is 0.378 e. The van der Waals surface area contributed by atoms with E-state index in [2.05, 4.69) is 16.9 Å². The third-order valence-corrected chi connectivity index (χ3v) is 3.17. The maximum Gasteiger partial charge on any atom is 0.267 e. The molecule has 0 radical (unpaired) electrons. The molecule has 96 valence electrons. The number of aliphatic hydroxyl groups is 1. The lowest BCUT2D eigenvalue weighted by atomic mass is 10.0. The van der Waals surface area contributed by atoms with Crippen molar-refractivity contribution in [2.24, 2.45) is 0 Å². The predicted octanol–water partition coefficient (Wildman–Crippen LogP) is 1.48. The quantitative estimate of drug-likeness (QED) is 0.764. The van der Waals surface area contributed by atoms with Gasteiger partial charge in [-0.05, 0) is 51.5 Å². The highest BCUT2D eigenvalue weighted by molar-refractivity contribution is 5.30. The van der Waals surface area contributed by atoms with Crippen molar-refractivity contribution >= 4 is 0 Å². The van der Waals surface area contributed by atoms with Crippen LogP contribution in [0.4, 0.5) is 0 Å². The van der Waals surface area contributed by atoms with Crippen molar-refractivity contribution in [1.82, 2.24) is 9.78 Å². The van der Waals surface area contributed by atoms with Gasteiger partial charge in [0, 0.05) is 6.07 Å². The van der Waals surface area contributed by atoms with Gasteiger partial charge in [0.05, 0.1) is 6.04 Å². The molecule has 4 nitrogen and oxygen atoms in total. The van der Waals surface area contributed by atoms with E-state index in [1.807, 2.05) is 13.8 Å². The first-order valence-corrected chi connectivity index (χ1v) is 6.36. The van der Waals surface area contributed by atoms with Crippen LogP contribution >= 0.6 is 0 Å². The van der Waals surface area contributed by atoms with Gasteiger partial charge in [0.15, 0.2) is 0 Å². The van der Waals surface area contributed by atoms with Crippen LogP contribution in [-0.4, -0.2) is 20.5 Å². The van der Waals surface area contributed by atoms with Crippen LogP contribution in [0.1, 0.15) is 51.3 Å². The average Bonchev–Trinajstić information content (AvgIpc) is 2.75. The highest BCUT2D eigenvalue weighted by Gasteiger charge is 2.28. The van der Waals surface area contributed by atoms with Crippen LogP contribution in [0.5, 0.6) is 0 Å². The molecule has 1 N–H and O–H groups in total. The number of hydrogen-bond donors (Lipinski definition) is 1.